The highest BCUT2D eigenvalue weighted by atomic mass is 35.5. The van der Waals surface area contributed by atoms with Gasteiger partial charge in [0.15, 0.2) is 0 Å². The van der Waals surface area contributed by atoms with E-state index in [0.29, 0.717) is 10.6 Å². The molecule has 2 N–H and O–H groups in total. The zero-order valence-electron chi connectivity index (χ0n) is 13.4. The molecule has 6 nitrogen and oxygen atoms in total. The number of carbonyl (C=O) groups is 2. The first-order valence-corrected chi connectivity index (χ1v) is 7.50. The van der Waals surface area contributed by atoms with Crippen LogP contribution in [0, 0.1) is 11.3 Å². The average Bonchev–Trinajstić information content (AvgIpc) is 2.42. The molecule has 1 unspecified atom stereocenters. The van der Waals surface area contributed by atoms with Gasteiger partial charge in [0.05, 0.1) is 6.07 Å². The molecule has 1 atom stereocenters. The number of nitriles is 1. The number of hydrogen-bond donors (Lipinski definition) is 2. The van der Waals surface area contributed by atoms with Crippen LogP contribution in [0.5, 0.6) is 0 Å². The molecule has 0 spiro atoms. The van der Waals surface area contributed by atoms with Crippen molar-refractivity contribution in [3.8, 4) is 6.07 Å². The number of ether oxygens (including phenoxy) is 1. The van der Waals surface area contributed by atoms with E-state index in [4.69, 9.17) is 21.6 Å². The maximum absolute atomic E-state index is 11.9. The van der Waals surface area contributed by atoms with Crippen molar-refractivity contribution in [2.45, 2.75) is 38.8 Å². The smallest absolute Gasteiger partial charge is 0.407 e. The first kappa shape index (κ1) is 18.8. The van der Waals surface area contributed by atoms with E-state index in [1.54, 1.807) is 45.0 Å². The molecule has 1 rings (SSSR count). The van der Waals surface area contributed by atoms with Crippen LogP contribution in [0.1, 0.15) is 38.8 Å². The Bertz CT molecular complexity index is 605. The van der Waals surface area contributed by atoms with E-state index >= 15 is 0 Å². The molecule has 1 aromatic rings. The molecule has 2 amide bonds. The van der Waals surface area contributed by atoms with E-state index in [9.17, 15) is 9.59 Å². The number of alkyl carbamates (subject to hydrolysis) is 1. The number of amides is 2. The van der Waals surface area contributed by atoms with Crippen LogP contribution >= 0.6 is 11.6 Å². The second kappa shape index (κ2) is 8.39. The molecule has 0 saturated heterocycles. The molecule has 0 fully saturated rings. The minimum absolute atomic E-state index is 0.0397. The van der Waals surface area contributed by atoms with E-state index < -0.39 is 17.7 Å². The summed E-state index contributed by atoms with van der Waals surface area (Å²) in [5.41, 5.74) is 0.0126. The Morgan fingerprint density at radius 3 is 2.65 bits per heavy atom. The molecule has 0 bridgehead atoms. The van der Waals surface area contributed by atoms with Crippen molar-refractivity contribution in [1.82, 2.24) is 10.6 Å². The van der Waals surface area contributed by atoms with Crippen molar-refractivity contribution in [3.05, 3.63) is 34.9 Å². The Balaban J connectivity index is 2.44. The highest BCUT2D eigenvalue weighted by Gasteiger charge is 2.17. The van der Waals surface area contributed by atoms with Crippen LogP contribution in [0.4, 0.5) is 4.79 Å². The molecule has 0 saturated carbocycles. The van der Waals surface area contributed by atoms with Crippen LogP contribution in [0.2, 0.25) is 5.02 Å². The van der Waals surface area contributed by atoms with Crippen LogP contribution in [0.25, 0.3) is 0 Å². The highest BCUT2D eigenvalue weighted by Crippen LogP contribution is 2.17. The lowest BCUT2D eigenvalue weighted by Gasteiger charge is -2.19. The molecule has 7 heteroatoms. The fraction of sp³-hybridized carbons (Fsp3) is 0.438. The van der Waals surface area contributed by atoms with Crippen LogP contribution in [0.3, 0.4) is 0 Å². The lowest BCUT2D eigenvalue weighted by atomic mass is 10.1. The topological polar surface area (TPSA) is 91.2 Å². The number of nitrogens with one attached hydrogen (secondary N) is 2. The lowest BCUT2D eigenvalue weighted by Crippen LogP contribution is -2.35. The second-order valence-corrected chi connectivity index (χ2v) is 6.30. The molecule has 1 aromatic carbocycles. The SMILES string of the molecule is CC(C)(C)OC(=O)NCCC(=O)NC(C#N)c1cccc(Cl)c1. The fourth-order valence-electron chi connectivity index (χ4n) is 1.70. The molecule has 0 aliphatic rings. The Morgan fingerprint density at radius 2 is 2.09 bits per heavy atom. The monoisotopic (exact) mass is 337 g/mol. The third kappa shape index (κ3) is 7.52. The number of benzene rings is 1. The van der Waals surface area contributed by atoms with Crippen molar-refractivity contribution >= 4 is 23.6 Å². The maximum atomic E-state index is 11.9. The van der Waals surface area contributed by atoms with Gasteiger partial charge >= 0.3 is 6.09 Å². The summed E-state index contributed by atoms with van der Waals surface area (Å²) in [7, 11) is 0. The molecule has 23 heavy (non-hydrogen) atoms. The largest absolute Gasteiger partial charge is 0.444 e. The summed E-state index contributed by atoms with van der Waals surface area (Å²) in [6.45, 7) is 5.37. The third-order valence-electron chi connectivity index (χ3n) is 2.64. The molecular weight excluding hydrogens is 318 g/mol. The first-order chi connectivity index (χ1) is 10.7. The molecule has 0 aliphatic heterocycles. The summed E-state index contributed by atoms with van der Waals surface area (Å²) < 4.78 is 5.06. The number of rotatable bonds is 5. The van der Waals surface area contributed by atoms with E-state index in [-0.39, 0.29) is 18.9 Å². The number of halogens is 1. The fourth-order valence-corrected chi connectivity index (χ4v) is 1.90. The van der Waals surface area contributed by atoms with Gasteiger partial charge in [0.25, 0.3) is 0 Å². The summed E-state index contributed by atoms with van der Waals surface area (Å²) in [5.74, 6) is -0.354. The van der Waals surface area contributed by atoms with Crippen LogP contribution in [-0.4, -0.2) is 24.1 Å². The van der Waals surface area contributed by atoms with Gasteiger partial charge in [0.1, 0.15) is 11.6 Å². The quantitative estimate of drug-likeness (QED) is 0.864. The van der Waals surface area contributed by atoms with Crippen LogP contribution in [-0.2, 0) is 9.53 Å². The summed E-state index contributed by atoms with van der Waals surface area (Å²) in [4.78, 5) is 23.3. The summed E-state index contributed by atoms with van der Waals surface area (Å²) >= 11 is 5.87. The van der Waals surface area contributed by atoms with Crippen molar-refractivity contribution in [3.63, 3.8) is 0 Å². The van der Waals surface area contributed by atoms with Gasteiger partial charge in [-0.1, -0.05) is 23.7 Å². The molecule has 0 aromatic heterocycles. The zero-order valence-corrected chi connectivity index (χ0v) is 14.1. The van der Waals surface area contributed by atoms with Gasteiger partial charge in [0.2, 0.25) is 5.91 Å². The normalized spacial score (nSPS) is 12.0. The van der Waals surface area contributed by atoms with E-state index in [1.165, 1.54) is 0 Å². The van der Waals surface area contributed by atoms with Gasteiger partial charge in [-0.3, -0.25) is 4.79 Å². The van der Waals surface area contributed by atoms with Crippen molar-refractivity contribution in [1.29, 1.82) is 5.26 Å². The Hall–Kier alpha value is -2.26. The van der Waals surface area contributed by atoms with Crippen molar-refractivity contribution < 1.29 is 14.3 Å². The van der Waals surface area contributed by atoms with E-state index in [2.05, 4.69) is 10.6 Å². The maximum Gasteiger partial charge on any atom is 0.407 e. The van der Waals surface area contributed by atoms with Gasteiger partial charge < -0.3 is 15.4 Å². The average molecular weight is 338 g/mol. The summed E-state index contributed by atoms with van der Waals surface area (Å²) in [6.07, 6.45) is -0.546. The van der Waals surface area contributed by atoms with Gasteiger partial charge in [-0.05, 0) is 38.5 Å². The molecular formula is C16H20ClN3O3. The summed E-state index contributed by atoms with van der Waals surface area (Å²) in [6, 6.07) is 7.94. The Kier molecular flexibility index (Phi) is 6.86. The van der Waals surface area contributed by atoms with Gasteiger partial charge in [-0.15, -0.1) is 0 Å². The molecule has 0 aliphatic carbocycles. The van der Waals surface area contributed by atoms with E-state index in [0.717, 1.165) is 0 Å². The van der Waals surface area contributed by atoms with Crippen molar-refractivity contribution in [2.24, 2.45) is 0 Å². The number of nitrogens with zero attached hydrogens (tertiary/aromatic N) is 1. The second-order valence-electron chi connectivity index (χ2n) is 5.86. The van der Waals surface area contributed by atoms with Gasteiger partial charge in [-0.25, -0.2) is 4.79 Å². The Labute approximate surface area is 140 Å². The predicted molar refractivity (Wildman–Crippen MR) is 86.8 cm³/mol. The van der Waals surface area contributed by atoms with Crippen LogP contribution < -0.4 is 10.6 Å². The van der Waals surface area contributed by atoms with Crippen LogP contribution in [0.15, 0.2) is 24.3 Å². The standard InChI is InChI=1S/C16H20ClN3O3/c1-16(2,3)23-15(22)19-8-7-14(21)20-13(10-18)11-5-4-6-12(17)9-11/h4-6,9,13H,7-8H2,1-3H3,(H,19,22)(H,20,21). The zero-order chi connectivity index (χ0) is 17.5. The first-order valence-electron chi connectivity index (χ1n) is 7.12. The third-order valence-corrected chi connectivity index (χ3v) is 2.87. The predicted octanol–water partition coefficient (Wildman–Crippen LogP) is 2.94. The lowest BCUT2D eigenvalue weighted by molar-refractivity contribution is -0.121. The van der Waals surface area contributed by atoms with Gasteiger partial charge in [-0.2, -0.15) is 5.26 Å². The van der Waals surface area contributed by atoms with Gasteiger partial charge in [0, 0.05) is 18.0 Å². The molecule has 0 heterocycles. The highest BCUT2D eigenvalue weighted by molar-refractivity contribution is 6.30. The summed E-state index contributed by atoms with van der Waals surface area (Å²) in [5, 5.41) is 14.7. The number of carbonyl (C=O) groups excluding carboxylic acids is 2. The van der Waals surface area contributed by atoms with E-state index in [1.807, 2.05) is 6.07 Å². The Morgan fingerprint density at radius 1 is 1.39 bits per heavy atom. The minimum Gasteiger partial charge on any atom is -0.444 e. The molecule has 0 radical (unpaired) electrons. The van der Waals surface area contributed by atoms with Crippen molar-refractivity contribution in [2.75, 3.05) is 6.54 Å². The number of hydrogen-bond acceptors (Lipinski definition) is 4. The molecule has 124 valence electrons. The minimum atomic E-state index is -0.789.